The zero-order valence-corrected chi connectivity index (χ0v) is 17.8. The summed E-state index contributed by atoms with van der Waals surface area (Å²) in [4.78, 5) is 4.55. The van der Waals surface area contributed by atoms with E-state index in [-0.39, 0.29) is 0 Å². The van der Waals surface area contributed by atoms with Crippen molar-refractivity contribution in [3.05, 3.63) is 106 Å². The lowest BCUT2D eigenvalue weighted by Gasteiger charge is -2.19. The summed E-state index contributed by atoms with van der Waals surface area (Å²) in [6.07, 6.45) is 0.829. The van der Waals surface area contributed by atoms with E-state index < -0.39 is 6.10 Å². The van der Waals surface area contributed by atoms with Gasteiger partial charge in [0.05, 0.1) is 10.5 Å². The van der Waals surface area contributed by atoms with Gasteiger partial charge in [0.15, 0.2) is 0 Å². The maximum atomic E-state index is 11.1. The molecular formula is C26H24ClNO2. The van der Waals surface area contributed by atoms with Crippen LogP contribution in [-0.4, -0.2) is 10.1 Å². The third-order valence-electron chi connectivity index (χ3n) is 5.26. The smallest absolute Gasteiger partial charge is 0.122 e. The van der Waals surface area contributed by atoms with Crippen LogP contribution in [0.4, 0.5) is 0 Å². The highest BCUT2D eigenvalue weighted by Gasteiger charge is 2.20. The zero-order chi connectivity index (χ0) is 21.1. The fourth-order valence-corrected chi connectivity index (χ4v) is 3.94. The molecule has 1 unspecified atom stereocenters. The van der Waals surface area contributed by atoms with Crippen molar-refractivity contribution in [3.63, 3.8) is 0 Å². The molecule has 0 amide bonds. The summed E-state index contributed by atoms with van der Waals surface area (Å²) in [7, 11) is 0. The van der Waals surface area contributed by atoms with Gasteiger partial charge in [-0.2, -0.15) is 0 Å². The Balaban J connectivity index is 1.63. The standard InChI is InChI=1S/C26H24ClNO2/c1-17(2)20-10-6-7-11-21(20)26(29)23-15-28-24-14-19(12-13-22(24)25(23)27)30-16-18-8-4-3-5-9-18/h3-15,17,26,29H,16H2,1-2H3. The predicted molar refractivity (Wildman–Crippen MR) is 122 cm³/mol. The van der Waals surface area contributed by atoms with Crippen molar-refractivity contribution in [1.29, 1.82) is 0 Å². The van der Waals surface area contributed by atoms with Crippen molar-refractivity contribution in [3.8, 4) is 5.75 Å². The second kappa shape index (κ2) is 8.86. The molecule has 3 aromatic carbocycles. The van der Waals surface area contributed by atoms with E-state index in [1.165, 1.54) is 0 Å². The van der Waals surface area contributed by atoms with Gasteiger partial charge in [-0.1, -0.05) is 80.0 Å². The minimum Gasteiger partial charge on any atom is -0.489 e. The molecule has 0 aliphatic carbocycles. The highest BCUT2D eigenvalue weighted by Crippen LogP contribution is 2.36. The van der Waals surface area contributed by atoms with E-state index in [0.717, 1.165) is 33.3 Å². The molecular weight excluding hydrogens is 394 g/mol. The summed E-state index contributed by atoms with van der Waals surface area (Å²) in [6, 6.07) is 23.6. The van der Waals surface area contributed by atoms with Crippen LogP contribution in [0, 0.1) is 0 Å². The molecule has 152 valence electrons. The Morgan fingerprint density at radius 3 is 2.33 bits per heavy atom. The maximum Gasteiger partial charge on any atom is 0.122 e. The van der Waals surface area contributed by atoms with Crippen molar-refractivity contribution in [2.45, 2.75) is 32.5 Å². The first kappa shape index (κ1) is 20.4. The van der Waals surface area contributed by atoms with Crippen LogP contribution in [0.15, 0.2) is 79.0 Å². The first-order valence-corrected chi connectivity index (χ1v) is 10.4. The van der Waals surface area contributed by atoms with Gasteiger partial charge in [0.2, 0.25) is 0 Å². The first-order chi connectivity index (χ1) is 14.5. The van der Waals surface area contributed by atoms with Crippen LogP contribution >= 0.6 is 11.6 Å². The van der Waals surface area contributed by atoms with Crippen LogP contribution in [0.2, 0.25) is 5.02 Å². The molecule has 1 heterocycles. The minimum atomic E-state index is -0.831. The molecule has 0 radical (unpaired) electrons. The van der Waals surface area contributed by atoms with Crippen molar-refractivity contribution >= 4 is 22.5 Å². The second-order valence-corrected chi connectivity index (χ2v) is 8.04. The van der Waals surface area contributed by atoms with Crippen molar-refractivity contribution in [1.82, 2.24) is 4.98 Å². The van der Waals surface area contributed by atoms with Gasteiger partial charge in [-0.05, 0) is 34.7 Å². The molecule has 0 bridgehead atoms. The zero-order valence-electron chi connectivity index (χ0n) is 17.0. The lowest BCUT2D eigenvalue weighted by Crippen LogP contribution is -2.06. The van der Waals surface area contributed by atoms with Gasteiger partial charge in [-0.3, -0.25) is 4.98 Å². The maximum absolute atomic E-state index is 11.1. The summed E-state index contributed by atoms with van der Waals surface area (Å²) in [5.41, 5.74) is 4.41. The number of pyridine rings is 1. The topological polar surface area (TPSA) is 42.4 Å². The van der Waals surface area contributed by atoms with Crippen LogP contribution in [0.5, 0.6) is 5.75 Å². The van der Waals surface area contributed by atoms with E-state index in [9.17, 15) is 5.11 Å². The quantitative estimate of drug-likeness (QED) is 0.380. The molecule has 1 atom stereocenters. The number of benzene rings is 3. The molecule has 0 aliphatic heterocycles. The summed E-state index contributed by atoms with van der Waals surface area (Å²) >= 11 is 6.70. The van der Waals surface area contributed by atoms with Gasteiger partial charge >= 0.3 is 0 Å². The van der Waals surface area contributed by atoms with Gasteiger partial charge in [0, 0.05) is 23.2 Å². The number of aliphatic hydroxyl groups excluding tert-OH is 1. The third-order valence-corrected chi connectivity index (χ3v) is 5.68. The lowest BCUT2D eigenvalue weighted by atomic mass is 9.91. The van der Waals surface area contributed by atoms with Crippen LogP contribution in [0.1, 0.15) is 48.1 Å². The summed E-state index contributed by atoms with van der Waals surface area (Å²) < 4.78 is 5.90. The van der Waals surface area contributed by atoms with Gasteiger partial charge in [0.1, 0.15) is 18.5 Å². The van der Waals surface area contributed by atoms with Crippen molar-refractivity contribution in [2.75, 3.05) is 0 Å². The number of nitrogens with zero attached hydrogens (tertiary/aromatic N) is 1. The highest BCUT2D eigenvalue weighted by atomic mass is 35.5. The summed E-state index contributed by atoms with van der Waals surface area (Å²) in [5, 5.41) is 12.4. The molecule has 1 aromatic heterocycles. The number of rotatable bonds is 6. The molecule has 0 aliphatic rings. The second-order valence-electron chi connectivity index (χ2n) is 7.67. The van der Waals surface area contributed by atoms with E-state index in [0.29, 0.717) is 23.1 Å². The average molecular weight is 418 g/mol. The lowest BCUT2D eigenvalue weighted by molar-refractivity contribution is 0.218. The van der Waals surface area contributed by atoms with Gasteiger partial charge in [0.25, 0.3) is 0 Å². The molecule has 4 heteroatoms. The van der Waals surface area contributed by atoms with Crippen molar-refractivity contribution < 1.29 is 9.84 Å². The Kier molecular flexibility index (Phi) is 6.03. The van der Waals surface area contributed by atoms with E-state index in [1.807, 2.05) is 72.8 Å². The Morgan fingerprint density at radius 2 is 1.60 bits per heavy atom. The van der Waals surface area contributed by atoms with Crippen LogP contribution in [-0.2, 0) is 6.61 Å². The molecule has 0 saturated heterocycles. The number of hydrogen-bond acceptors (Lipinski definition) is 3. The molecule has 0 saturated carbocycles. The van der Waals surface area contributed by atoms with Gasteiger partial charge in [-0.25, -0.2) is 0 Å². The van der Waals surface area contributed by atoms with Crippen LogP contribution < -0.4 is 4.74 Å². The summed E-state index contributed by atoms with van der Waals surface area (Å²) in [5.74, 6) is 1.03. The number of aliphatic hydroxyl groups is 1. The molecule has 4 aromatic rings. The Hall–Kier alpha value is -2.88. The number of hydrogen-bond donors (Lipinski definition) is 1. The molecule has 3 nitrogen and oxygen atoms in total. The SMILES string of the molecule is CC(C)c1ccccc1C(O)c1cnc2cc(OCc3ccccc3)ccc2c1Cl. The fraction of sp³-hybridized carbons (Fsp3) is 0.192. The van der Waals surface area contributed by atoms with E-state index in [1.54, 1.807) is 6.20 Å². The van der Waals surface area contributed by atoms with E-state index >= 15 is 0 Å². The Labute approximate surface area is 181 Å². The van der Waals surface area contributed by atoms with E-state index in [2.05, 4.69) is 18.8 Å². The van der Waals surface area contributed by atoms with Gasteiger partial charge < -0.3 is 9.84 Å². The minimum absolute atomic E-state index is 0.298. The Morgan fingerprint density at radius 1 is 0.900 bits per heavy atom. The van der Waals surface area contributed by atoms with Crippen LogP contribution in [0.3, 0.4) is 0 Å². The van der Waals surface area contributed by atoms with Crippen LogP contribution in [0.25, 0.3) is 10.9 Å². The number of fused-ring (bicyclic) bond motifs is 1. The Bertz CT molecular complexity index is 1160. The predicted octanol–water partition coefficient (Wildman–Crippen LogP) is 6.67. The van der Waals surface area contributed by atoms with E-state index in [4.69, 9.17) is 16.3 Å². The van der Waals surface area contributed by atoms with Gasteiger partial charge in [-0.15, -0.1) is 0 Å². The largest absolute Gasteiger partial charge is 0.489 e. The number of ether oxygens (including phenoxy) is 1. The molecule has 4 rings (SSSR count). The normalized spacial score (nSPS) is 12.3. The molecule has 1 N–H and O–H groups in total. The molecule has 0 spiro atoms. The molecule has 30 heavy (non-hydrogen) atoms. The number of halogens is 1. The third kappa shape index (κ3) is 4.18. The monoisotopic (exact) mass is 417 g/mol. The first-order valence-electron chi connectivity index (χ1n) is 10.1. The highest BCUT2D eigenvalue weighted by molar-refractivity contribution is 6.36. The average Bonchev–Trinajstić information content (AvgIpc) is 2.78. The fourth-order valence-electron chi connectivity index (χ4n) is 3.63. The molecule has 0 fully saturated rings. The number of aromatic nitrogens is 1. The summed E-state index contributed by atoms with van der Waals surface area (Å²) in [6.45, 7) is 4.72. The van der Waals surface area contributed by atoms with Crippen molar-refractivity contribution in [2.24, 2.45) is 0 Å².